The third-order valence-corrected chi connectivity index (χ3v) is 7.95. The van der Waals surface area contributed by atoms with Gasteiger partial charge < -0.3 is 0 Å². The Morgan fingerprint density at radius 2 is 0.571 bits per heavy atom. The lowest BCUT2D eigenvalue weighted by atomic mass is 10.1. The Balaban J connectivity index is 1.18. The van der Waals surface area contributed by atoms with Crippen molar-refractivity contribution in [3.8, 4) is 22.3 Å². The largest absolute Gasteiger partial charge is 0.287 e. The number of ketones is 1. The lowest BCUT2D eigenvalue weighted by Gasteiger charge is -2.04. The number of pyridine rings is 4. The van der Waals surface area contributed by atoms with Crippen LogP contribution in [0.4, 0.5) is 0 Å². The molecule has 0 radical (unpaired) electrons. The molecule has 2 aromatic carbocycles. The third-order valence-electron chi connectivity index (χ3n) is 7.95. The number of hydrogen-bond acceptors (Lipinski definition) is 1. The van der Waals surface area contributed by atoms with Crippen LogP contribution < -0.4 is 18.3 Å². The number of carbonyl (C=O) groups excluding carboxylic acids is 1. The summed E-state index contributed by atoms with van der Waals surface area (Å²) in [5, 5.41) is 0. The molecule has 0 saturated carbocycles. The van der Waals surface area contributed by atoms with Crippen LogP contribution in [0.5, 0.6) is 0 Å². The van der Waals surface area contributed by atoms with E-state index in [4.69, 9.17) is 0 Å². The van der Waals surface area contributed by atoms with Crippen molar-refractivity contribution in [2.75, 3.05) is 0 Å². The van der Waals surface area contributed by atoms with Gasteiger partial charge in [-0.15, -0.1) is 0 Å². The van der Waals surface area contributed by atoms with Gasteiger partial charge in [0.2, 0.25) is 12.3 Å². The summed E-state index contributed by atoms with van der Waals surface area (Å²) < 4.78 is 8.51. The van der Waals surface area contributed by atoms with Crippen molar-refractivity contribution in [1.82, 2.24) is 0 Å². The Kier molecular flexibility index (Phi) is 6.90. The number of benzene rings is 2. The van der Waals surface area contributed by atoms with Gasteiger partial charge in [-0.1, -0.05) is 48.5 Å². The number of Topliss-reactive ketones (excluding diaryl/α,β-unsaturated/α-hetero) is 1. The van der Waals surface area contributed by atoms with E-state index in [-0.39, 0.29) is 5.78 Å². The Labute approximate surface area is 245 Å². The van der Waals surface area contributed by atoms with Crippen molar-refractivity contribution < 1.29 is 23.1 Å². The van der Waals surface area contributed by atoms with Gasteiger partial charge in [-0.05, 0) is 22.3 Å². The monoisotopic (exact) mass is 548 g/mol. The average Bonchev–Trinajstić information content (AvgIpc) is 3.04. The van der Waals surface area contributed by atoms with Gasteiger partial charge in [0.25, 0.3) is 0 Å². The molecule has 0 saturated heterocycles. The highest BCUT2D eigenvalue weighted by molar-refractivity contribution is 5.95. The lowest BCUT2D eigenvalue weighted by molar-refractivity contribution is -0.688. The topological polar surface area (TPSA) is 32.6 Å². The van der Waals surface area contributed by atoms with E-state index in [0.717, 1.165) is 41.9 Å². The molecular weight excluding hydrogens is 516 g/mol. The van der Waals surface area contributed by atoms with Gasteiger partial charge in [-0.25, -0.2) is 13.7 Å². The standard InChI is InChI=1S/C37H32N4O/c42-37-28-41-23-15-35(16-24-41)34-11-19-39(20-12-34)26-30-3-1-29(2-4-30)25-38-17-9-32(10-18-38)33-13-21-40(22-14-33)27-31-5-7-36(37)8-6-31/h1-24H,25-28H2/q+4. The average molecular weight is 549 g/mol. The zero-order valence-electron chi connectivity index (χ0n) is 23.4. The number of nitrogens with zero attached hydrogens (tertiary/aromatic N) is 4. The molecule has 12 bridgehead atoms. The molecule has 10 aliphatic heterocycles. The molecule has 0 spiro atoms. The number of hydrogen-bond donors (Lipinski definition) is 0. The van der Waals surface area contributed by atoms with Crippen molar-refractivity contribution in [3.63, 3.8) is 0 Å². The molecule has 0 N–H and O–H groups in total. The zero-order valence-corrected chi connectivity index (χ0v) is 23.4. The summed E-state index contributed by atoms with van der Waals surface area (Å²) in [6.07, 6.45) is 16.7. The minimum Gasteiger partial charge on any atom is -0.287 e. The van der Waals surface area contributed by atoms with Crippen LogP contribution in [-0.4, -0.2) is 5.78 Å². The number of carbonyl (C=O) groups is 1. The molecule has 202 valence electrons. The quantitative estimate of drug-likeness (QED) is 0.257. The van der Waals surface area contributed by atoms with Crippen molar-refractivity contribution in [1.29, 1.82) is 0 Å². The van der Waals surface area contributed by atoms with Crippen molar-refractivity contribution in [2.24, 2.45) is 0 Å². The molecule has 0 aliphatic carbocycles. The first-order valence-corrected chi connectivity index (χ1v) is 14.3. The fourth-order valence-corrected chi connectivity index (χ4v) is 5.46. The predicted octanol–water partition coefficient (Wildman–Crippen LogP) is 4.51. The first-order valence-electron chi connectivity index (χ1n) is 14.3. The second-order valence-electron chi connectivity index (χ2n) is 11.0. The van der Waals surface area contributed by atoms with E-state index in [1.807, 2.05) is 41.2 Å². The fourth-order valence-electron chi connectivity index (χ4n) is 5.46. The minimum absolute atomic E-state index is 0.0956. The van der Waals surface area contributed by atoms with Gasteiger partial charge >= 0.3 is 0 Å². The highest BCUT2D eigenvalue weighted by Crippen LogP contribution is 2.17. The summed E-state index contributed by atoms with van der Waals surface area (Å²) in [7, 11) is 0. The van der Waals surface area contributed by atoms with Crippen LogP contribution in [0.15, 0.2) is 147 Å². The van der Waals surface area contributed by atoms with Crippen molar-refractivity contribution in [3.05, 3.63) is 169 Å². The third kappa shape index (κ3) is 5.77. The van der Waals surface area contributed by atoms with Crippen molar-refractivity contribution in [2.45, 2.75) is 26.2 Å². The first kappa shape index (κ1) is 25.7. The molecule has 0 atom stereocenters. The minimum atomic E-state index is 0.0956. The van der Waals surface area contributed by atoms with Gasteiger partial charge in [0.1, 0.15) is 0 Å². The summed E-state index contributed by atoms with van der Waals surface area (Å²) in [5.41, 5.74) is 9.07. The molecule has 16 rings (SSSR count). The smallest absolute Gasteiger partial charge is 0.227 e. The highest BCUT2D eigenvalue weighted by Gasteiger charge is 2.14. The van der Waals surface area contributed by atoms with Crippen molar-refractivity contribution >= 4 is 5.78 Å². The second-order valence-corrected chi connectivity index (χ2v) is 11.0. The highest BCUT2D eigenvalue weighted by atomic mass is 16.1. The number of rotatable bonds is 0. The Morgan fingerprint density at radius 1 is 0.310 bits per heavy atom. The zero-order chi connectivity index (χ0) is 28.3. The van der Waals surface area contributed by atoms with Crippen LogP contribution in [0.25, 0.3) is 22.3 Å². The van der Waals surface area contributed by atoms with E-state index < -0.39 is 0 Å². The molecule has 4 aromatic heterocycles. The molecule has 5 nitrogen and oxygen atoms in total. The lowest BCUT2D eigenvalue weighted by Crippen LogP contribution is -2.37. The molecule has 14 heterocycles. The van der Waals surface area contributed by atoms with E-state index in [9.17, 15) is 4.79 Å². The Hall–Kier alpha value is -5.29. The summed E-state index contributed by atoms with van der Waals surface area (Å²) in [6, 6.07) is 33.9. The molecule has 5 heteroatoms. The fraction of sp³-hybridized carbons (Fsp3) is 0.108. The van der Waals surface area contributed by atoms with Gasteiger partial charge in [-0.3, -0.25) is 4.79 Å². The molecule has 0 amide bonds. The molecule has 0 unspecified atom stereocenters. The maximum Gasteiger partial charge on any atom is 0.227 e. The maximum absolute atomic E-state index is 13.0. The van der Waals surface area contributed by atoms with Crippen LogP contribution in [-0.2, 0) is 26.2 Å². The van der Waals surface area contributed by atoms with E-state index in [2.05, 4.69) is 124 Å². The second kappa shape index (κ2) is 11.3. The van der Waals surface area contributed by atoms with E-state index >= 15 is 0 Å². The van der Waals surface area contributed by atoms with E-state index in [0.29, 0.717) is 6.54 Å². The summed E-state index contributed by atoms with van der Waals surface area (Å²) >= 11 is 0. The van der Waals surface area contributed by atoms with Crippen LogP contribution >= 0.6 is 0 Å². The molecule has 42 heavy (non-hydrogen) atoms. The molecule has 0 fully saturated rings. The Morgan fingerprint density at radius 3 is 0.881 bits per heavy atom. The van der Waals surface area contributed by atoms with Crippen LogP contribution in [0.2, 0.25) is 0 Å². The van der Waals surface area contributed by atoms with E-state index in [1.54, 1.807) is 0 Å². The normalized spacial score (nSPS) is 12.9. The summed E-state index contributed by atoms with van der Waals surface area (Å²) in [4.78, 5) is 13.0. The summed E-state index contributed by atoms with van der Waals surface area (Å²) in [5.74, 6) is 0.0956. The van der Waals surface area contributed by atoms with Gasteiger partial charge in [0.05, 0.1) is 0 Å². The maximum atomic E-state index is 13.0. The Bertz CT molecular complexity index is 1830. The first-order chi connectivity index (χ1) is 20.6. The molecule has 6 aromatic rings. The number of aromatic nitrogens is 4. The van der Waals surface area contributed by atoms with Crippen LogP contribution in [0.3, 0.4) is 0 Å². The van der Waals surface area contributed by atoms with Gasteiger partial charge in [0, 0.05) is 70.8 Å². The SMILES string of the molecule is O=C1C[n+]2ccc(cc2)-c2cc[n+](cc2)Cc2ccc(cc2)C[n+]2ccc(cc2)-c2cc[n+](cc2)Cc2ccc1cc2. The van der Waals surface area contributed by atoms with Crippen LogP contribution in [0.1, 0.15) is 27.0 Å². The predicted molar refractivity (Wildman–Crippen MR) is 159 cm³/mol. The molecule has 10 aliphatic rings. The van der Waals surface area contributed by atoms with Crippen LogP contribution in [0, 0.1) is 0 Å². The van der Waals surface area contributed by atoms with E-state index in [1.165, 1.54) is 22.3 Å². The van der Waals surface area contributed by atoms with Gasteiger partial charge in [-0.2, -0.15) is 4.57 Å². The van der Waals surface area contributed by atoms with Gasteiger partial charge in [0.15, 0.2) is 69.2 Å². The summed E-state index contributed by atoms with van der Waals surface area (Å²) in [6.45, 7) is 2.71. The molecular formula is C37H32N4O+4.